The van der Waals surface area contributed by atoms with Gasteiger partial charge in [-0.2, -0.15) is 0 Å². The molecule has 4 nitrogen and oxygen atoms in total. The molecule has 1 aliphatic heterocycles. The molecule has 1 heterocycles. The fraction of sp³-hybridized carbons (Fsp3) is 0.857. The molecule has 4 heteroatoms. The third kappa shape index (κ3) is 5.07. The molecule has 0 aromatic rings. The molecule has 0 spiro atoms. The molecule has 3 fully saturated rings. The summed E-state index contributed by atoms with van der Waals surface area (Å²) in [5.74, 6) is 1.23. The molecule has 3 aliphatic rings. The first-order valence-electron chi connectivity index (χ1n) is 10.0. The molecule has 2 aliphatic carbocycles. The lowest BCUT2D eigenvalue weighted by molar-refractivity contribution is -0.145. The number of epoxide rings is 1. The van der Waals surface area contributed by atoms with Crippen LogP contribution in [0.15, 0.2) is 12.7 Å². The van der Waals surface area contributed by atoms with Crippen LogP contribution in [0.3, 0.4) is 0 Å². The van der Waals surface area contributed by atoms with Crippen molar-refractivity contribution in [2.24, 2.45) is 17.3 Å². The molecule has 0 aromatic heterocycles. The maximum absolute atomic E-state index is 11.4. The average Bonchev–Trinajstić information content (AvgIpc) is 3.45. The SMILES string of the molecule is C=CC(=O)OC1CCC(C(C)(C)C2CCC(OCC3CO3)CC2)CC1. The largest absolute Gasteiger partial charge is 0.459 e. The molecule has 1 saturated heterocycles. The van der Waals surface area contributed by atoms with Gasteiger partial charge in [-0.1, -0.05) is 20.4 Å². The van der Waals surface area contributed by atoms with Gasteiger partial charge in [-0.25, -0.2) is 4.79 Å². The van der Waals surface area contributed by atoms with Crippen LogP contribution in [0.2, 0.25) is 0 Å². The molecular weight excluding hydrogens is 316 g/mol. The van der Waals surface area contributed by atoms with E-state index >= 15 is 0 Å². The number of esters is 1. The number of rotatable bonds is 7. The van der Waals surface area contributed by atoms with E-state index < -0.39 is 0 Å². The van der Waals surface area contributed by atoms with Gasteiger partial charge in [-0.3, -0.25) is 0 Å². The Labute approximate surface area is 152 Å². The first-order chi connectivity index (χ1) is 12.0. The van der Waals surface area contributed by atoms with Gasteiger partial charge in [-0.15, -0.1) is 0 Å². The zero-order valence-electron chi connectivity index (χ0n) is 15.9. The standard InChI is InChI=1S/C21H34O4/c1-4-20(22)25-18-11-7-16(8-12-18)21(2,3)15-5-9-17(10-6-15)23-13-19-14-24-19/h4,15-19H,1,5-14H2,2-3H3. The summed E-state index contributed by atoms with van der Waals surface area (Å²) in [5.41, 5.74) is 0.359. The molecule has 3 rings (SSSR count). The highest BCUT2D eigenvalue weighted by molar-refractivity contribution is 5.81. The van der Waals surface area contributed by atoms with Crippen LogP contribution in [-0.2, 0) is 19.0 Å². The predicted molar refractivity (Wildman–Crippen MR) is 97.3 cm³/mol. The van der Waals surface area contributed by atoms with Crippen molar-refractivity contribution < 1.29 is 19.0 Å². The van der Waals surface area contributed by atoms with Crippen LogP contribution in [0.1, 0.15) is 65.2 Å². The van der Waals surface area contributed by atoms with Crippen molar-refractivity contribution in [2.45, 2.75) is 83.5 Å². The summed E-state index contributed by atoms with van der Waals surface area (Å²) in [5, 5.41) is 0. The van der Waals surface area contributed by atoms with Crippen LogP contribution in [-0.4, -0.2) is 37.5 Å². The van der Waals surface area contributed by atoms with E-state index in [0.29, 0.717) is 17.6 Å². The number of hydrogen-bond acceptors (Lipinski definition) is 4. The van der Waals surface area contributed by atoms with Gasteiger partial charge in [0.2, 0.25) is 0 Å². The minimum Gasteiger partial charge on any atom is -0.459 e. The van der Waals surface area contributed by atoms with Crippen LogP contribution in [0.5, 0.6) is 0 Å². The summed E-state index contributed by atoms with van der Waals surface area (Å²) in [6.45, 7) is 10.1. The highest BCUT2D eigenvalue weighted by atomic mass is 16.6. The topological polar surface area (TPSA) is 48.1 Å². The van der Waals surface area contributed by atoms with Gasteiger partial charge < -0.3 is 14.2 Å². The molecule has 0 aromatic carbocycles. The first-order valence-corrected chi connectivity index (χ1v) is 10.0. The van der Waals surface area contributed by atoms with Gasteiger partial charge >= 0.3 is 5.97 Å². The quantitative estimate of drug-likeness (QED) is 0.391. The number of carbonyl (C=O) groups excluding carboxylic acids is 1. The van der Waals surface area contributed by atoms with E-state index in [0.717, 1.165) is 50.7 Å². The third-order valence-corrected chi connectivity index (χ3v) is 6.82. The first kappa shape index (κ1) is 18.9. The number of carbonyl (C=O) groups is 1. The van der Waals surface area contributed by atoms with E-state index in [1.54, 1.807) is 0 Å². The van der Waals surface area contributed by atoms with Crippen LogP contribution in [0.4, 0.5) is 0 Å². The van der Waals surface area contributed by atoms with E-state index in [2.05, 4.69) is 20.4 Å². The molecule has 142 valence electrons. The Bertz CT molecular complexity index is 453. The van der Waals surface area contributed by atoms with Crippen LogP contribution < -0.4 is 0 Å². The Hall–Kier alpha value is -0.870. The summed E-state index contributed by atoms with van der Waals surface area (Å²) in [7, 11) is 0. The fourth-order valence-electron chi connectivity index (χ4n) is 4.85. The van der Waals surface area contributed by atoms with Crippen molar-refractivity contribution in [3.63, 3.8) is 0 Å². The van der Waals surface area contributed by atoms with Crippen molar-refractivity contribution in [1.29, 1.82) is 0 Å². The summed E-state index contributed by atoms with van der Waals surface area (Å²) in [6, 6.07) is 0. The van der Waals surface area contributed by atoms with Crippen molar-refractivity contribution >= 4 is 5.97 Å². The maximum Gasteiger partial charge on any atom is 0.330 e. The minimum atomic E-state index is -0.280. The smallest absolute Gasteiger partial charge is 0.330 e. The fourth-order valence-corrected chi connectivity index (χ4v) is 4.85. The van der Waals surface area contributed by atoms with E-state index in [-0.39, 0.29) is 12.1 Å². The number of ether oxygens (including phenoxy) is 3. The normalized spacial score (nSPS) is 35.8. The lowest BCUT2D eigenvalue weighted by atomic mass is 9.60. The zero-order valence-corrected chi connectivity index (χ0v) is 15.9. The Morgan fingerprint density at radius 3 is 2.04 bits per heavy atom. The Morgan fingerprint density at radius 2 is 1.56 bits per heavy atom. The highest BCUT2D eigenvalue weighted by Crippen LogP contribution is 2.48. The Kier molecular flexibility index (Phi) is 6.21. The van der Waals surface area contributed by atoms with Crippen LogP contribution >= 0.6 is 0 Å². The van der Waals surface area contributed by atoms with Crippen molar-refractivity contribution in [2.75, 3.05) is 13.2 Å². The summed E-state index contributed by atoms with van der Waals surface area (Å²) in [4.78, 5) is 11.4. The van der Waals surface area contributed by atoms with Gasteiger partial charge in [0, 0.05) is 6.08 Å². The Morgan fingerprint density at radius 1 is 1.04 bits per heavy atom. The van der Waals surface area contributed by atoms with Crippen molar-refractivity contribution in [1.82, 2.24) is 0 Å². The van der Waals surface area contributed by atoms with E-state index in [1.165, 1.54) is 31.8 Å². The summed E-state index contributed by atoms with van der Waals surface area (Å²) in [6.07, 6.45) is 11.4. The molecule has 0 radical (unpaired) electrons. The van der Waals surface area contributed by atoms with E-state index in [9.17, 15) is 4.79 Å². The lowest BCUT2D eigenvalue weighted by Gasteiger charge is -2.46. The van der Waals surface area contributed by atoms with E-state index in [1.807, 2.05) is 0 Å². The van der Waals surface area contributed by atoms with Gasteiger partial charge in [0.15, 0.2) is 0 Å². The monoisotopic (exact) mass is 350 g/mol. The summed E-state index contributed by atoms with van der Waals surface area (Å²) < 4.78 is 16.7. The highest BCUT2D eigenvalue weighted by Gasteiger charge is 2.41. The Balaban J connectivity index is 1.42. The average molecular weight is 350 g/mol. The molecule has 2 saturated carbocycles. The van der Waals surface area contributed by atoms with Gasteiger partial charge in [-0.05, 0) is 68.6 Å². The molecule has 25 heavy (non-hydrogen) atoms. The van der Waals surface area contributed by atoms with E-state index in [4.69, 9.17) is 14.2 Å². The van der Waals surface area contributed by atoms with Crippen molar-refractivity contribution in [3.8, 4) is 0 Å². The van der Waals surface area contributed by atoms with Gasteiger partial charge in [0.25, 0.3) is 0 Å². The van der Waals surface area contributed by atoms with Crippen molar-refractivity contribution in [3.05, 3.63) is 12.7 Å². The lowest BCUT2D eigenvalue weighted by Crippen LogP contribution is -2.39. The number of hydrogen-bond donors (Lipinski definition) is 0. The van der Waals surface area contributed by atoms with Crippen LogP contribution in [0.25, 0.3) is 0 Å². The molecular formula is C21H34O4. The minimum absolute atomic E-state index is 0.0892. The second-order valence-electron chi connectivity index (χ2n) is 8.70. The van der Waals surface area contributed by atoms with Crippen LogP contribution in [0, 0.1) is 17.3 Å². The zero-order chi connectivity index (χ0) is 17.9. The second kappa shape index (κ2) is 8.22. The summed E-state index contributed by atoms with van der Waals surface area (Å²) >= 11 is 0. The molecule has 0 amide bonds. The molecule has 0 N–H and O–H groups in total. The molecule has 0 bridgehead atoms. The van der Waals surface area contributed by atoms with Gasteiger partial charge in [0.1, 0.15) is 12.2 Å². The molecule has 1 atom stereocenters. The molecule has 1 unspecified atom stereocenters. The maximum atomic E-state index is 11.4. The second-order valence-corrected chi connectivity index (χ2v) is 8.70. The predicted octanol–water partition coefficient (Wildman–Crippen LogP) is 4.27. The third-order valence-electron chi connectivity index (χ3n) is 6.82. The van der Waals surface area contributed by atoms with Gasteiger partial charge in [0.05, 0.1) is 19.3 Å².